The molecule has 3 fully saturated rings. The lowest BCUT2D eigenvalue weighted by Crippen LogP contribution is -2.36. The predicted molar refractivity (Wildman–Crippen MR) is 92.5 cm³/mol. The number of amides is 1. The number of nitrogens with zero attached hydrogens (tertiary/aromatic N) is 1. The number of hydrogen-bond donors (Lipinski definition) is 0. The molecule has 1 amide bonds. The molecule has 0 N–H and O–H groups in total. The summed E-state index contributed by atoms with van der Waals surface area (Å²) >= 11 is 0. The first kappa shape index (κ1) is 15.4. The second-order valence-corrected chi connectivity index (χ2v) is 7.72. The lowest BCUT2D eigenvalue weighted by molar-refractivity contribution is 0.00140. The largest absolute Gasteiger partial charge is 0.451 e. The van der Waals surface area contributed by atoms with Crippen molar-refractivity contribution in [1.29, 1.82) is 0 Å². The summed E-state index contributed by atoms with van der Waals surface area (Å²) < 4.78 is 17.8. The van der Waals surface area contributed by atoms with Gasteiger partial charge < -0.3 is 18.8 Å². The zero-order valence-corrected chi connectivity index (χ0v) is 14.3. The Morgan fingerprint density at radius 2 is 2.20 bits per heavy atom. The van der Waals surface area contributed by atoms with Crippen LogP contribution in [0.1, 0.15) is 36.2 Å². The molecule has 1 aliphatic carbocycles. The predicted octanol–water partition coefficient (Wildman–Crippen LogP) is 3.23. The summed E-state index contributed by atoms with van der Waals surface area (Å²) in [6.45, 7) is 2.86. The Morgan fingerprint density at radius 1 is 1.32 bits per heavy atom. The summed E-state index contributed by atoms with van der Waals surface area (Å²) in [5.74, 6) is 1.14. The molecule has 3 heterocycles. The number of ether oxygens (including phenoxy) is 2. The molecule has 0 unspecified atom stereocenters. The fraction of sp³-hybridized carbons (Fsp3) is 0.550. The number of carbonyl (C=O) groups is 1. The topological polar surface area (TPSA) is 51.9 Å². The van der Waals surface area contributed by atoms with Gasteiger partial charge in [-0.15, -0.1) is 0 Å². The van der Waals surface area contributed by atoms with Crippen LogP contribution in [0.4, 0.5) is 0 Å². The lowest BCUT2D eigenvalue weighted by atomic mass is 9.98. The van der Waals surface area contributed by atoms with Crippen molar-refractivity contribution >= 4 is 16.9 Å². The zero-order chi connectivity index (χ0) is 16.9. The molecule has 0 radical (unpaired) electrons. The first-order valence-electron chi connectivity index (χ1n) is 9.24. The number of fused-ring (bicyclic) bond motifs is 1. The molecular formula is C20H23NO4. The normalized spacial score (nSPS) is 29.1. The van der Waals surface area contributed by atoms with Gasteiger partial charge in [0.2, 0.25) is 0 Å². The monoisotopic (exact) mass is 341 g/mol. The number of rotatable bonds is 4. The summed E-state index contributed by atoms with van der Waals surface area (Å²) in [5.41, 5.74) is 0.529. The maximum Gasteiger partial charge on any atom is 0.289 e. The molecule has 5 rings (SSSR count). The van der Waals surface area contributed by atoms with Gasteiger partial charge >= 0.3 is 0 Å². The van der Waals surface area contributed by atoms with Gasteiger partial charge in [0.1, 0.15) is 5.58 Å². The second-order valence-electron chi connectivity index (χ2n) is 7.72. The van der Waals surface area contributed by atoms with Crippen molar-refractivity contribution < 1.29 is 18.7 Å². The summed E-state index contributed by atoms with van der Waals surface area (Å²) in [4.78, 5) is 14.7. The summed E-state index contributed by atoms with van der Waals surface area (Å²) in [6, 6.07) is 9.55. The third-order valence-electron chi connectivity index (χ3n) is 5.68. The number of hydrogen-bond acceptors (Lipinski definition) is 4. The average Bonchev–Trinajstić information content (AvgIpc) is 3.07. The van der Waals surface area contributed by atoms with Crippen LogP contribution in [0.2, 0.25) is 0 Å². The minimum Gasteiger partial charge on any atom is -0.451 e. The Morgan fingerprint density at radius 3 is 3.04 bits per heavy atom. The number of furan rings is 1. The smallest absolute Gasteiger partial charge is 0.289 e. The van der Waals surface area contributed by atoms with Gasteiger partial charge in [-0.05, 0) is 37.3 Å². The summed E-state index contributed by atoms with van der Waals surface area (Å²) in [6.07, 6.45) is 4.56. The lowest BCUT2D eigenvalue weighted by Gasteiger charge is -2.22. The maximum atomic E-state index is 12.8. The van der Waals surface area contributed by atoms with Gasteiger partial charge in [-0.25, -0.2) is 0 Å². The summed E-state index contributed by atoms with van der Waals surface area (Å²) in [5, 5.41) is 0.963. The average molecular weight is 341 g/mol. The van der Waals surface area contributed by atoms with Crippen LogP contribution in [0, 0.1) is 5.92 Å². The van der Waals surface area contributed by atoms with E-state index in [0.29, 0.717) is 25.5 Å². The van der Waals surface area contributed by atoms with E-state index in [1.165, 1.54) is 12.8 Å². The van der Waals surface area contributed by atoms with Gasteiger partial charge in [0.05, 0.1) is 24.9 Å². The first-order valence-corrected chi connectivity index (χ1v) is 9.24. The molecule has 1 aromatic heterocycles. The quantitative estimate of drug-likeness (QED) is 0.857. The van der Waals surface area contributed by atoms with E-state index in [1.807, 2.05) is 35.2 Å². The summed E-state index contributed by atoms with van der Waals surface area (Å²) in [7, 11) is 0. The number of carbonyl (C=O) groups excluding carboxylic acids is 1. The Balaban J connectivity index is 1.24. The van der Waals surface area contributed by atoms with E-state index in [4.69, 9.17) is 13.9 Å². The highest BCUT2D eigenvalue weighted by Gasteiger charge is 2.47. The Bertz CT molecular complexity index is 763. The molecule has 2 aliphatic heterocycles. The van der Waals surface area contributed by atoms with Gasteiger partial charge in [0, 0.05) is 25.0 Å². The molecule has 2 atom stereocenters. The van der Waals surface area contributed by atoms with Crippen molar-refractivity contribution in [2.24, 2.45) is 5.92 Å². The van der Waals surface area contributed by atoms with Crippen molar-refractivity contribution in [3.05, 3.63) is 36.1 Å². The SMILES string of the molecule is O=C(c1cc2ccccc2o1)N1CC[C@]2(C[C@H](OCC3CC3)CO2)C1. The minimum absolute atomic E-state index is 0.0426. The molecule has 5 heteroatoms. The molecule has 2 aromatic rings. The second kappa shape index (κ2) is 5.85. The van der Waals surface area contributed by atoms with Crippen LogP contribution < -0.4 is 0 Å². The molecule has 132 valence electrons. The van der Waals surface area contributed by atoms with Crippen LogP contribution in [0.5, 0.6) is 0 Å². The van der Waals surface area contributed by atoms with Crippen LogP contribution in [-0.4, -0.2) is 48.8 Å². The van der Waals surface area contributed by atoms with Gasteiger partial charge in [0.15, 0.2) is 5.76 Å². The minimum atomic E-state index is -0.226. The van der Waals surface area contributed by atoms with Crippen LogP contribution in [0.15, 0.2) is 34.7 Å². The highest BCUT2D eigenvalue weighted by atomic mass is 16.6. The molecule has 25 heavy (non-hydrogen) atoms. The maximum absolute atomic E-state index is 12.8. The van der Waals surface area contributed by atoms with Crippen LogP contribution in [0.25, 0.3) is 11.0 Å². The van der Waals surface area contributed by atoms with Crippen molar-refractivity contribution in [3.8, 4) is 0 Å². The van der Waals surface area contributed by atoms with E-state index in [2.05, 4.69) is 0 Å². The molecule has 1 saturated carbocycles. The van der Waals surface area contributed by atoms with Crippen molar-refractivity contribution in [2.75, 3.05) is 26.3 Å². The van der Waals surface area contributed by atoms with Gasteiger partial charge in [-0.2, -0.15) is 0 Å². The van der Waals surface area contributed by atoms with E-state index in [-0.39, 0.29) is 17.6 Å². The van der Waals surface area contributed by atoms with Crippen LogP contribution >= 0.6 is 0 Å². The van der Waals surface area contributed by atoms with E-state index in [9.17, 15) is 4.79 Å². The number of para-hydroxylation sites is 1. The fourth-order valence-electron chi connectivity index (χ4n) is 4.01. The van der Waals surface area contributed by atoms with Gasteiger partial charge in [0.25, 0.3) is 5.91 Å². The number of likely N-dealkylation sites (tertiary alicyclic amines) is 1. The van der Waals surface area contributed by atoms with E-state index in [0.717, 1.165) is 36.3 Å². The van der Waals surface area contributed by atoms with Gasteiger partial charge in [-0.3, -0.25) is 4.79 Å². The zero-order valence-electron chi connectivity index (χ0n) is 14.3. The Labute approximate surface area is 146 Å². The molecular weight excluding hydrogens is 318 g/mol. The number of benzene rings is 1. The highest BCUT2D eigenvalue weighted by Crippen LogP contribution is 2.38. The molecule has 5 nitrogen and oxygen atoms in total. The third-order valence-corrected chi connectivity index (χ3v) is 5.68. The van der Waals surface area contributed by atoms with Crippen molar-refractivity contribution in [1.82, 2.24) is 4.90 Å². The standard InChI is InChI=1S/C20H23NO4/c22-19(18-9-15-3-1-2-4-17(15)25-18)21-8-7-20(13-21)10-16(12-24-20)23-11-14-5-6-14/h1-4,9,14,16H,5-8,10-13H2/t16-,20-/m0/s1. The van der Waals surface area contributed by atoms with Crippen molar-refractivity contribution in [3.63, 3.8) is 0 Å². The molecule has 3 aliphatic rings. The van der Waals surface area contributed by atoms with Crippen molar-refractivity contribution in [2.45, 2.75) is 37.4 Å². The van der Waals surface area contributed by atoms with E-state index in [1.54, 1.807) is 0 Å². The Hall–Kier alpha value is -1.85. The molecule has 0 bridgehead atoms. The Kier molecular flexibility index (Phi) is 3.61. The van der Waals surface area contributed by atoms with Crippen LogP contribution in [0.3, 0.4) is 0 Å². The van der Waals surface area contributed by atoms with Gasteiger partial charge in [-0.1, -0.05) is 18.2 Å². The molecule has 1 spiro atoms. The third kappa shape index (κ3) is 2.96. The highest BCUT2D eigenvalue weighted by molar-refractivity contribution is 5.96. The van der Waals surface area contributed by atoms with E-state index >= 15 is 0 Å². The fourth-order valence-corrected chi connectivity index (χ4v) is 4.01. The molecule has 2 saturated heterocycles. The molecule has 1 aromatic carbocycles. The first-order chi connectivity index (χ1) is 12.2. The van der Waals surface area contributed by atoms with Crippen LogP contribution in [-0.2, 0) is 9.47 Å². The van der Waals surface area contributed by atoms with E-state index < -0.39 is 0 Å².